The van der Waals surface area contributed by atoms with Crippen LogP contribution in [0.4, 0.5) is 0 Å². The van der Waals surface area contributed by atoms with Crippen LogP contribution in [0.2, 0.25) is 0 Å². The smallest absolute Gasteiger partial charge is 0.340 e. The van der Waals surface area contributed by atoms with Gasteiger partial charge in [-0.25, -0.2) is 4.79 Å². The number of H-pyrrole nitrogens is 1. The lowest BCUT2D eigenvalue weighted by Crippen LogP contribution is -2.01. The zero-order valence-electron chi connectivity index (χ0n) is 7.38. The summed E-state index contributed by atoms with van der Waals surface area (Å²) in [5, 5.41) is 2.90. The third kappa shape index (κ3) is 1.14. The molecule has 0 saturated carbocycles. The largest absolute Gasteiger partial charge is 0.465 e. The van der Waals surface area contributed by atoms with Gasteiger partial charge in [0.25, 0.3) is 0 Å². The first-order valence-corrected chi connectivity index (χ1v) is 4.76. The fourth-order valence-corrected chi connectivity index (χ4v) is 2.25. The molecule has 0 bridgehead atoms. The number of aryl methyl sites for hydroxylation is 1. The molecule has 2 aromatic heterocycles. The number of carbonyl (C=O) groups is 1. The summed E-state index contributed by atoms with van der Waals surface area (Å²) in [6.45, 7) is 1.87. The Hall–Kier alpha value is -1.29. The van der Waals surface area contributed by atoms with Gasteiger partial charge in [0.15, 0.2) is 0 Å². The van der Waals surface area contributed by atoms with Crippen molar-refractivity contribution in [2.45, 2.75) is 6.92 Å². The van der Waals surface area contributed by atoms with Crippen molar-refractivity contribution in [2.75, 3.05) is 7.11 Å². The SMILES string of the molecule is COC(=O)c1c(C)[nH]c2sccc12. The number of rotatable bonds is 1. The molecular weight excluding hydrogens is 186 g/mol. The van der Waals surface area contributed by atoms with Gasteiger partial charge in [0.1, 0.15) is 4.83 Å². The highest BCUT2D eigenvalue weighted by Gasteiger charge is 2.16. The van der Waals surface area contributed by atoms with Gasteiger partial charge < -0.3 is 9.72 Å². The third-order valence-electron chi connectivity index (χ3n) is 2.00. The Morgan fingerprint density at radius 2 is 2.38 bits per heavy atom. The van der Waals surface area contributed by atoms with E-state index in [1.807, 2.05) is 18.4 Å². The van der Waals surface area contributed by atoms with Crippen molar-refractivity contribution in [3.63, 3.8) is 0 Å². The van der Waals surface area contributed by atoms with Gasteiger partial charge in [-0.2, -0.15) is 0 Å². The highest BCUT2D eigenvalue weighted by molar-refractivity contribution is 7.16. The maximum absolute atomic E-state index is 11.4. The molecule has 0 aliphatic rings. The second-order valence-corrected chi connectivity index (χ2v) is 3.70. The topological polar surface area (TPSA) is 42.1 Å². The van der Waals surface area contributed by atoms with Gasteiger partial charge in [-0.1, -0.05) is 0 Å². The van der Waals surface area contributed by atoms with Crippen molar-refractivity contribution < 1.29 is 9.53 Å². The van der Waals surface area contributed by atoms with E-state index in [0.717, 1.165) is 15.9 Å². The Morgan fingerprint density at radius 1 is 1.62 bits per heavy atom. The summed E-state index contributed by atoms with van der Waals surface area (Å²) < 4.78 is 4.70. The summed E-state index contributed by atoms with van der Waals surface area (Å²) in [4.78, 5) is 15.5. The molecule has 0 radical (unpaired) electrons. The average molecular weight is 195 g/mol. The molecule has 13 heavy (non-hydrogen) atoms. The van der Waals surface area contributed by atoms with Crippen LogP contribution in [0.1, 0.15) is 16.1 Å². The number of methoxy groups -OCH3 is 1. The number of esters is 1. The van der Waals surface area contributed by atoms with E-state index in [0.29, 0.717) is 5.56 Å². The minimum atomic E-state index is -0.276. The summed E-state index contributed by atoms with van der Waals surface area (Å²) in [7, 11) is 1.40. The van der Waals surface area contributed by atoms with Crippen LogP contribution in [-0.2, 0) is 4.74 Å². The van der Waals surface area contributed by atoms with Gasteiger partial charge in [0.2, 0.25) is 0 Å². The summed E-state index contributed by atoms with van der Waals surface area (Å²) in [5.74, 6) is -0.276. The lowest BCUT2D eigenvalue weighted by atomic mass is 10.2. The number of ether oxygens (including phenoxy) is 1. The molecule has 2 rings (SSSR count). The fraction of sp³-hybridized carbons (Fsp3) is 0.222. The summed E-state index contributed by atoms with van der Waals surface area (Å²) in [5.41, 5.74) is 1.52. The molecule has 0 fully saturated rings. The van der Waals surface area contributed by atoms with E-state index in [-0.39, 0.29) is 5.97 Å². The van der Waals surface area contributed by atoms with Gasteiger partial charge >= 0.3 is 5.97 Å². The predicted octanol–water partition coefficient (Wildman–Crippen LogP) is 2.32. The molecule has 2 heterocycles. The van der Waals surface area contributed by atoms with E-state index in [9.17, 15) is 4.79 Å². The Kier molecular flexibility index (Phi) is 1.84. The molecule has 4 heteroatoms. The number of fused-ring (bicyclic) bond motifs is 1. The number of hydrogen-bond donors (Lipinski definition) is 1. The minimum Gasteiger partial charge on any atom is -0.465 e. The van der Waals surface area contributed by atoms with Crippen LogP contribution < -0.4 is 0 Å². The zero-order valence-corrected chi connectivity index (χ0v) is 8.20. The molecule has 2 aromatic rings. The first-order valence-electron chi connectivity index (χ1n) is 3.88. The standard InChI is InChI=1S/C9H9NO2S/c1-5-7(9(11)12-2)6-3-4-13-8(6)10-5/h3-4,10H,1-2H3. The van der Waals surface area contributed by atoms with Crippen LogP contribution in [-0.4, -0.2) is 18.1 Å². The quantitative estimate of drug-likeness (QED) is 0.709. The number of nitrogens with one attached hydrogen (secondary N) is 1. The van der Waals surface area contributed by atoms with Crippen LogP contribution in [0.25, 0.3) is 10.2 Å². The van der Waals surface area contributed by atoms with E-state index in [2.05, 4.69) is 4.98 Å². The summed E-state index contributed by atoms with van der Waals surface area (Å²) >= 11 is 1.59. The number of aromatic nitrogens is 1. The Balaban J connectivity index is 2.70. The van der Waals surface area contributed by atoms with Crippen molar-refractivity contribution in [3.05, 3.63) is 22.7 Å². The summed E-state index contributed by atoms with van der Waals surface area (Å²) in [6.07, 6.45) is 0. The molecular formula is C9H9NO2S. The zero-order chi connectivity index (χ0) is 9.42. The fourth-order valence-electron chi connectivity index (χ4n) is 1.40. The third-order valence-corrected chi connectivity index (χ3v) is 2.83. The van der Waals surface area contributed by atoms with E-state index in [1.54, 1.807) is 11.3 Å². The van der Waals surface area contributed by atoms with Crippen molar-refractivity contribution in [1.29, 1.82) is 0 Å². The van der Waals surface area contributed by atoms with E-state index in [4.69, 9.17) is 4.74 Å². The molecule has 0 aliphatic heterocycles. The molecule has 0 amide bonds. The van der Waals surface area contributed by atoms with Gasteiger partial charge in [-0.15, -0.1) is 11.3 Å². The number of aromatic amines is 1. The second kappa shape index (κ2) is 2.88. The first kappa shape index (κ1) is 8.31. The van der Waals surface area contributed by atoms with Crippen LogP contribution in [0.3, 0.4) is 0 Å². The Morgan fingerprint density at radius 3 is 3.08 bits per heavy atom. The van der Waals surface area contributed by atoms with Gasteiger partial charge in [-0.3, -0.25) is 0 Å². The van der Waals surface area contributed by atoms with Crippen molar-refractivity contribution in [1.82, 2.24) is 4.98 Å². The maximum atomic E-state index is 11.4. The van der Waals surface area contributed by atoms with Crippen LogP contribution in [0.15, 0.2) is 11.4 Å². The lowest BCUT2D eigenvalue weighted by molar-refractivity contribution is 0.0602. The molecule has 0 unspecified atom stereocenters. The molecule has 0 aliphatic carbocycles. The average Bonchev–Trinajstić information content (AvgIpc) is 2.62. The lowest BCUT2D eigenvalue weighted by Gasteiger charge is -1.96. The summed E-state index contributed by atoms with van der Waals surface area (Å²) in [6, 6.07) is 1.93. The molecule has 0 spiro atoms. The Bertz CT molecular complexity index is 455. The highest BCUT2D eigenvalue weighted by atomic mass is 32.1. The predicted molar refractivity (Wildman–Crippen MR) is 52.3 cm³/mol. The van der Waals surface area contributed by atoms with Gasteiger partial charge in [-0.05, 0) is 18.4 Å². The van der Waals surface area contributed by atoms with E-state index >= 15 is 0 Å². The van der Waals surface area contributed by atoms with Crippen LogP contribution >= 0.6 is 11.3 Å². The molecule has 0 atom stereocenters. The Labute approximate surface area is 79.3 Å². The first-order chi connectivity index (χ1) is 6.24. The van der Waals surface area contributed by atoms with Crippen molar-refractivity contribution >= 4 is 27.5 Å². The molecule has 0 saturated heterocycles. The van der Waals surface area contributed by atoms with Crippen LogP contribution in [0.5, 0.6) is 0 Å². The molecule has 68 valence electrons. The van der Waals surface area contributed by atoms with E-state index < -0.39 is 0 Å². The minimum absolute atomic E-state index is 0.276. The maximum Gasteiger partial charge on any atom is 0.340 e. The second-order valence-electron chi connectivity index (χ2n) is 2.78. The van der Waals surface area contributed by atoms with Crippen LogP contribution in [0, 0.1) is 6.92 Å². The molecule has 1 N–H and O–H groups in total. The van der Waals surface area contributed by atoms with Crippen molar-refractivity contribution in [2.24, 2.45) is 0 Å². The van der Waals surface area contributed by atoms with Crippen molar-refractivity contribution in [3.8, 4) is 0 Å². The van der Waals surface area contributed by atoms with E-state index in [1.165, 1.54) is 7.11 Å². The number of hydrogen-bond acceptors (Lipinski definition) is 3. The highest BCUT2D eigenvalue weighted by Crippen LogP contribution is 2.26. The van der Waals surface area contributed by atoms with Gasteiger partial charge in [0, 0.05) is 11.1 Å². The number of carbonyl (C=O) groups excluding carboxylic acids is 1. The number of thiophene rings is 1. The molecule has 3 nitrogen and oxygen atoms in total. The molecule has 0 aromatic carbocycles. The monoisotopic (exact) mass is 195 g/mol. The normalized spacial score (nSPS) is 10.6. The van der Waals surface area contributed by atoms with Gasteiger partial charge in [0.05, 0.1) is 12.7 Å².